The van der Waals surface area contributed by atoms with E-state index in [1.165, 1.54) is 6.07 Å². The summed E-state index contributed by atoms with van der Waals surface area (Å²) < 4.78 is 18.9. The van der Waals surface area contributed by atoms with Gasteiger partial charge in [0.25, 0.3) is 0 Å². The Labute approximate surface area is 104 Å². The van der Waals surface area contributed by atoms with Crippen LogP contribution < -0.4 is 5.32 Å². The summed E-state index contributed by atoms with van der Waals surface area (Å²) in [6.45, 7) is 5.30. The number of ether oxygens (including phenoxy) is 1. The van der Waals surface area contributed by atoms with Gasteiger partial charge in [-0.25, -0.2) is 4.39 Å². The van der Waals surface area contributed by atoms with E-state index in [-0.39, 0.29) is 5.82 Å². The Morgan fingerprint density at radius 3 is 2.88 bits per heavy atom. The Morgan fingerprint density at radius 1 is 1.38 bits per heavy atom. The number of benzene rings is 1. The van der Waals surface area contributed by atoms with Gasteiger partial charge in [0.2, 0.25) is 0 Å². The van der Waals surface area contributed by atoms with Crippen LogP contribution in [0.4, 0.5) is 4.39 Å². The van der Waals surface area contributed by atoms with Gasteiger partial charge in [0.05, 0.1) is 17.7 Å². The number of likely N-dealkylation sites (N-methyl/N-ethyl adjacent to an activating group) is 1. The number of hydrogen-bond donors (Lipinski definition) is 1. The summed E-state index contributed by atoms with van der Waals surface area (Å²) in [7, 11) is 0. The molecular formula is C12H17BrFNO. The van der Waals surface area contributed by atoms with Crippen molar-refractivity contribution >= 4 is 15.9 Å². The molecule has 0 spiro atoms. The minimum Gasteiger partial charge on any atom is -0.380 e. The summed E-state index contributed by atoms with van der Waals surface area (Å²) in [5, 5.41) is 3.18. The van der Waals surface area contributed by atoms with Crippen LogP contribution in [0.5, 0.6) is 0 Å². The Bertz CT molecular complexity index is 320. The summed E-state index contributed by atoms with van der Waals surface area (Å²) in [5.74, 6) is -0.225. The Morgan fingerprint density at radius 2 is 2.19 bits per heavy atom. The van der Waals surface area contributed by atoms with Crippen LogP contribution in [0.3, 0.4) is 0 Å². The number of hydrogen-bond acceptors (Lipinski definition) is 2. The summed E-state index contributed by atoms with van der Waals surface area (Å²) in [4.78, 5) is 0. The van der Waals surface area contributed by atoms with Gasteiger partial charge >= 0.3 is 0 Å². The number of nitrogens with one attached hydrogen (secondary N) is 1. The summed E-state index contributed by atoms with van der Waals surface area (Å²) in [6.07, 6.45) is 0.811. The van der Waals surface area contributed by atoms with Crippen LogP contribution in [0.15, 0.2) is 22.7 Å². The maximum Gasteiger partial charge on any atom is 0.137 e. The standard InChI is InChI=1S/C12H17BrFNO/c1-2-15-6-8-16-7-5-10-3-4-12(14)11(13)9-10/h3-4,9,15H,2,5-8H2,1H3. The van der Waals surface area contributed by atoms with Gasteiger partial charge in [-0.3, -0.25) is 0 Å². The fraction of sp³-hybridized carbons (Fsp3) is 0.500. The second kappa shape index (κ2) is 7.76. The number of rotatable bonds is 7. The highest BCUT2D eigenvalue weighted by atomic mass is 79.9. The normalized spacial score (nSPS) is 10.7. The molecule has 0 saturated carbocycles. The van der Waals surface area contributed by atoms with Crippen LogP contribution in [0.1, 0.15) is 12.5 Å². The maximum absolute atomic E-state index is 12.9. The molecule has 0 unspecified atom stereocenters. The molecule has 0 aliphatic rings. The summed E-state index contributed by atoms with van der Waals surface area (Å²) >= 11 is 3.16. The van der Waals surface area contributed by atoms with Crippen LogP contribution in [-0.2, 0) is 11.2 Å². The molecular weight excluding hydrogens is 273 g/mol. The van der Waals surface area contributed by atoms with Crippen LogP contribution in [0, 0.1) is 5.82 Å². The highest BCUT2D eigenvalue weighted by Crippen LogP contribution is 2.17. The first-order chi connectivity index (χ1) is 7.74. The molecule has 1 aromatic rings. The molecule has 0 heterocycles. The topological polar surface area (TPSA) is 21.3 Å². The van der Waals surface area contributed by atoms with Gasteiger partial charge in [0, 0.05) is 6.54 Å². The van der Waals surface area contributed by atoms with Crippen molar-refractivity contribution in [2.45, 2.75) is 13.3 Å². The SMILES string of the molecule is CCNCCOCCc1ccc(F)c(Br)c1. The highest BCUT2D eigenvalue weighted by Gasteiger charge is 2.00. The molecule has 1 N–H and O–H groups in total. The Balaban J connectivity index is 2.19. The molecule has 1 rings (SSSR count). The first-order valence-corrected chi connectivity index (χ1v) is 6.25. The third-order valence-electron chi connectivity index (χ3n) is 2.19. The zero-order valence-electron chi connectivity index (χ0n) is 9.43. The predicted molar refractivity (Wildman–Crippen MR) is 67.2 cm³/mol. The lowest BCUT2D eigenvalue weighted by Gasteiger charge is -2.05. The molecule has 0 aliphatic heterocycles. The molecule has 0 amide bonds. The van der Waals surface area contributed by atoms with E-state index in [9.17, 15) is 4.39 Å². The molecule has 2 nitrogen and oxygen atoms in total. The van der Waals surface area contributed by atoms with Gasteiger partial charge in [0.15, 0.2) is 0 Å². The van der Waals surface area contributed by atoms with Crippen LogP contribution >= 0.6 is 15.9 Å². The molecule has 0 radical (unpaired) electrons. The van der Waals surface area contributed by atoms with E-state index in [0.29, 0.717) is 11.1 Å². The molecule has 0 bridgehead atoms. The lowest BCUT2D eigenvalue weighted by atomic mass is 10.2. The molecule has 16 heavy (non-hydrogen) atoms. The summed E-state index contributed by atoms with van der Waals surface area (Å²) in [5.41, 5.74) is 1.08. The monoisotopic (exact) mass is 289 g/mol. The quantitative estimate of drug-likeness (QED) is 0.780. The van der Waals surface area contributed by atoms with Crippen LogP contribution in [-0.4, -0.2) is 26.3 Å². The lowest BCUT2D eigenvalue weighted by Crippen LogP contribution is -2.19. The minimum absolute atomic E-state index is 0.225. The Kier molecular flexibility index (Phi) is 6.61. The molecule has 0 aromatic heterocycles. The van der Waals surface area contributed by atoms with Crippen molar-refractivity contribution in [2.75, 3.05) is 26.3 Å². The maximum atomic E-state index is 12.9. The minimum atomic E-state index is -0.225. The zero-order valence-corrected chi connectivity index (χ0v) is 11.0. The van der Waals surface area contributed by atoms with Gasteiger partial charge in [-0.2, -0.15) is 0 Å². The largest absolute Gasteiger partial charge is 0.380 e. The van der Waals surface area contributed by atoms with Crippen LogP contribution in [0.25, 0.3) is 0 Å². The molecule has 1 aromatic carbocycles. The molecule has 90 valence electrons. The predicted octanol–water partition coefficient (Wildman–Crippen LogP) is 2.76. The van der Waals surface area contributed by atoms with Gasteiger partial charge < -0.3 is 10.1 Å². The van der Waals surface area contributed by atoms with Crippen molar-refractivity contribution in [3.63, 3.8) is 0 Å². The molecule has 4 heteroatoms. The van der Waals surface area contributed by atoms with Crippen molar-refractivity contribution in [1.29, 1.82) is 0 Å². The average molecular weight is 290 g/mol. The van der Waals surface area contributed by atoms with Crippen molar-refractivity contribution in [3.8, 4) is 0 Å². The lowest BCUT2D eigenvalue weighted by molar-refractivity contribution is 0.139. The van der Waals surface area contributed by atoms with E-state index in [4.69, 9.17) is 4.74 Å². The fourth-order valence-corrected chi connectivity index (χ4v) is 1.73. The van der Waals surface area contributed by atoms with E-state index < -0.39 is 0 Å². The smallest absolute Gasteiger partial charge is 0.137 e. The van der Waals surface area contributed by atoms with Crippen molar-refractivity contribution in [2.24, 2.45) is 0 Å². The Hall–Kier alpha value is -0.450. The van der Waals surface area contributed by atoms with E-state index in [1.54, 1.807) is 12.1 Å². The third-order valence-corrected chi connectivity index (χ3v) is 2.80. The first kappa shape index (κ1) is 13.6. The molecule has 0 fully saturated rings. The molecule has 0 saturated heterocycles. The second-order valence-electron chi connectivity index (χ2n) is 3.46. The highest BCUT2D eigenvalue weighted by molar-refractivity contribution is 9.10. The molecule has 0 atom stereocenters. The van der Waals surface area contributed by atoms with Crippen molar-refractivity contribution < 1.29 is 9.13 Å². The molecule has 0 aliphatic carbocycles. The van der Waals surface area contributed by atoms with Gasteiger partial charge in [-0.1, -0.05) is 13.0 Å². The van der Waals surface area contributed by atoms with Crippen LogP contribution in [0.2, 0.25) is 0 Å². The van der Waals surface area contributed by atoms with Crippen molar-refractivity contribution in [1.82, 2.24) is 5.32 Å². The average Bonchev–Trinajstić information content (AvgIpc) is 2.28. The number of halogens is 2. The van der Waals surface area contributed by atoms with E-state index in [2.05, 4.69) is 28.2 Å². The first-order valence-electron chi connectivity index (χ1n) is 5.46. The second-order valence-corrected chi connectivity index (χ2v) is 4.32. The van der Waals surface area contributed by atoms with Gasteiger partial charge in [0.1, 0.15) is 5.82 Å². The van der Waals surface area contributed by atoms with Gasteiger partial charge in [-0.05, 0) is 46.6 Å². The fourth-order valence-electron chi connectivity index (χ4n) is 1.31. The third kappa shape index (κ3) is 5.05. The summed E-state index contributed by atoms with van der Waals surface area (Å²) in [6, 6.07) is 5.05. The van der Waals surface area contributed by atoms with E-state index >= 15 is 0 Å². The van der Waals surface area contributed by atoms with Crippen molar-refractivity contribution in [3.05, 3.63) is 34.1 Å². The van der Waals surface area contributed by atoms with E-state index in [1.807, 2.05) is 0 Å². The zero-order chi connectivity index (χ0) is 11.8. The van der Waals surface area contributed by atoms with E-state index in [0.717, 1.165) is 31.7 Å². The van der Waals surface area contributed by atoms with Gasteiger partial charge in [-0.15, -0.1) is 0 Å².